The molecule has 0 bridgehead atoms. The van der Waals surface area contributed by atoms with Crippen LogP contribution in [0.3, 0.4) is 0 Å². The van der Waals surface area contributed by atoms with Crippen molar-refractivity contribution in [3.63, 3.8) is 0 Å². The van der Waals surface area contributed by atoms with Crippen LogP contribution < -0.4 is 11.1 Å². The Morgan fingerprint density at radius 2 is 2.12 bits per heavy atom. The molecule has 3 N–H and O–H groups in total. The Balaban J connectivity index is 1.63. The van der Waals surface area contributed by atoms with Crippen LogP contribution in [0.5, 0.6) is 0 Å². The molecule has 1 unspecified atom stereocenters. The number of carbonyl (C=O) groups excluding carboxylic acids is 2. The highest BCUT2D eigenvalue weighted by Crippen LogP contribution is 2.37. The van der Waals surface area contributed by atoms with Crippen LogP contribution >= 0.6 is 11.3 Å². The van der Waals surface area contributed by atoms with Crippen LogP contribution in [-0.2, 0) is 22.4 Å². The van der Waals surface area contributed by atoms with E-state index in [0.29, 0.717) is 10.6 Å². The number of primary amides is 1. The summed E-state index contributed by atoms with van der Waals surface area (Å²) in [5, 5.41) is 3.52. The molecule has 2 amide bonds. The summed E-state index contributed by atoms with van der Waals surface area (Å²) >= 11 is 1.50. The third-order valence-corrected chi connectivity index (χ3v) is 5.83. The number of nitrogens with zero attached hydrogens (tertiary/aromatic N) is 1. The molecule has 1 atom stereocenters. The van der Waals surface area contributed by atoms with Gasteiger partial charge in [-0.25, -0.2) is 0 Å². The number of aryl methyl sites for hydroxylation is 1. The molecule has 2 aliphatic rings. The van der Waals surface area contributed by atoms with Gasteiger partial charge in [0.05, 0.1) is 18.2 Å². The van der Waals surface area contributed by atoms with E-state index in [1.165, 1.54) is 16.2 Å². The fraction of sp³-hybridized carbons (Fsp3) is 0.647. The molecule has 132 valence electrons. The number of hydrogen-bond donors (Lipinski definition) is 2. The monoisotopic (exact) mass is 351 g/mol. The Kier molecular flexibility index (Phi) is 5.53. The van der Waals surface area contributed by atoms with E-state index in [1.807, 2.05) is 11.9 Å². The van der Waals surface area contributed by atoms with Crippen LogP contribution in [0.4, 0.5) is 5.00 Å². The van der Waals surface area contributed by atoms with Crippen molar-refractivity contribution < 1.29 is 14.3 Å². The first-order valence-corrected chi connectivity index (χ1v) is 9.40. The molecular formula is C17H25N3O3S. The first-order chi connectivity index (χ1) is 11.5. The topological polar surface area (TPSA) is 84.7 Å². The highest BCUT2D eigenvalue weighted by atomic mass is 32.1. The second-order valence-corrected chi connectivity index (χ2v) is 7.76. The third kappa shape index (κ3) is 3.96. The Bertz CT molecular complexity index is 623. The Labute approximate surface area is 146 Å². The zero-order valence-electron chi connectivity index (χ0n) is 14.1. The molecule has 1 saturated heterocycles. The van der Waals surface area contributed by atoms with Gasteiger partial charge >= 0.3 is 0 Å². The molecule has 1 fully saturated rings. The van der Waals surface area contributed by atoms with Crippen LogP contribution in [-0.4, -0.2) is 49.6 Å². The number of fused-ring (bicyclic) bond motifs is 1. The van der Waals surface area contributed by atoms with Crippen molar-refractivity contribution >= 4 is 28.2 Å². The largest absolute Gasteiger partial charge is 0.377 e. The fourth-order valence-corrected chi connectivity index (χ4v) is 4.84. The molecule has 0 aromatic carbocycles. The van der Waals surface area contributed by atoms with E-state index >= 15 is 0 Å². The number of nitrogens with two attached hydrogens (primary N) is 1. The number of nitrogens with one attached hydrogen (secondary N) is 1. The van der Waals surface area contributed by atoms with Crippen LogP contribution in [0.1, 0.15) is 46.5 Å². The van der Waals surface area contributed by atoms with Crippen molar-refractivity contribution in [2.45, 2.75) is 44.6 Å². The molecule has 2 heterocycles. The van der Waals surface area contributed by atoms with Crippen LogP contribution in [0.15, 0.2) is 0 Å². The van der Waals surface area contributed by atoms with Crippen molar-refractivity contribution in [3.8, 4) is 0 Å². The predicted octanol–water partition coefficient (Wildman–Crippen LogP) is 1.78. The highest BCUT2D eigenvalue weighted by molar-refractivity contribution is 7.17. The summed E-state index contributed by atoms with van der Waals surface area (Å²) in [5.41, 5.74) is 7.12. The lowest BCUT2D eigenvalue weighted by molar-refractivity contribution is -0.117. The molecule has 24 heavy (non-hydrogen) atoms. The lowest BCUT2D eigenvalue weighted by atomic mass is 9.95. The molecule has 0 spiro atoms. The third-order valence-electron chi connectivity index (χ3n) is 4.62. The quantitative estimate of drug-likeness (QED) is 0.818. The molecule has 1 aliphatic carbocycles. The summed E-state index contributed by atoms with van der Waals surface area (Å²) in [5.74, 6) is -0.561. The zero-order chi connectivity index (χ0) is 17.1. The number of thiophene rings is 1. The molecule has 0 radical (unpaired) electrons. The molecule has 1 aliphatic heterocycles. The number of carbonyl (C=O) groups is 2. The maximum absolute atomic E-state index is 12.3. The number of likely N-dealkylation sites (N-methyl/N-ethyl adjacent to an activating group) is 1. The second-order valence-electron chi connectivity index (χ2n) is 6.66. The van der Waals surface area contributed by atoms with Crippen molar-refractivity contribution in [2.75, 3.05) is 32.1 Å². The maximum atomic E-state index is 12.3. The zero-order valence-corrected chi connectivity index (χ0v) is 14.9. The average Bonchev–Trinajstić information content (AvgIpc) is 3.13. The first kappa shape index (κ1) is 17.4. The number of amides is 2. The molecule has 7 heteroatoms. The Morgan fingerprint density at radius 1 is 1.33 bits per heavy atom. The number of ether oxygens (including phenoxy) is 1. The molecule has 1 aromatic heterocycles. The molecular weight excluding hydrogens is 326 g/mol. The van der Waals surface area contributed by atoms with E-state index in [4.69, 9.17) is 10.5 Å². The Hall–Kier alpha value is -1.44. The van der Waals surface area contributed by atoms with E-state index in [2.05, 4.69) is 5.32 Å². The van der Waals surface area contributed by atoms with Gasteiger partial charge in [0.25, 0.3) is 5.91 Å². The Morgan fingerprint density at radius 3 is 2.83 bits per heavy atom. The van der Waals surface area contributed by atoms with Gasteiger partial charge in [-0.05, 0) is 51.1 Å². The lowest BCUT2D eigenvalue weighted by Crippen LogP contribution is -2.35. The minimum atomic E-state index is -0.447. The van der Waals surface area contributed by atoms with E-state index in [1.54, 1.807) is 0 Å². The standard InChI is InChI=1S/C17H25N3O3S/c1-20(9-11-5-4-8-23-11)10-14(21)19-17-15(16(18)22)12-6-2-3-7-13(12)24-17/h11H,2-10H2,1H3,(H2,18,22)(H,19,21). The minimum absolute atomic E-state index is 0.114. The van der Waals surface area contributed by atoms with Crippen molar-refractivity contribution in [2.24, 2.45) is 5.73 Å². The smallest absolute Gasteiger partial charge is 0.251 e. The van der Waals surface area contributed by atoms with Crippen molar-refractivity contribution in [3.05, 3.63) is 16.0 Å². The minimum Gasteiger partial charge on any atom is -0.377 e. The van der Waals surface area contributed by atoms with Gasteiger partial charge in [-0.3, -0.25) is 14.5 Å². The fourth-order valence-electron chi connectivity index (χ4n) is 3.53. The molecule has 0 saturated carbocycles. The van der Waals surface area contributed by atoms with Crippen LogP contribution in [0.25, 0.3) is 0 Å². The first-order valence-electron chi connectivity index (χ1n) is 8.59. The number of hydrogen-bond acceptors (Lipinski definition) is 5. The number of anilines is 1. The van der Waals surface area contributed by atoms with Gasteiger partial charge in [-0.2, -0.15) is 0 Å². The van der Waals surface area contributed by atoms with Gasteiger partial charge in [0.1, 0.15) is 5.00 Å². The van der Waals surface area contributed by atoms with Crippen LogP contribution in [0.2, 0.25) is 0 Å². The summed E-state index contributed by atoms with van der Waals surface area (Å²) in [6.07, 6.45) is 6.40. The lowest BCUT2D eigenvalue weighted by Gasteiger charge is -2.19. The molecule has 1 aromatic rings. The van der Waals surface area contributed by atoms with Crippen LogP contribution in [0, 0.1) is 0 Å². The maximum Gasteiger partial charge on any atom is 0.251 e. The summed E-state index contributed by atoms with van der Waals surface area (Å²) < 4.78 is 5.60. The second kappa shape index (κ2) is 7.63. The van der Waals surface area contributed by atoms with Gasteiger partial charge in [-0.15, -0.1) is 11.3 Å². The van der Waals surface area contributed by atoms with Gasteiger partial charge in [0.15, 0.2) is 0 Å². The summed E-state index contributed by atoms with van der Waals surface area (Å²) in [7, 11) is 1.91. The van der Waals surface area contributed by atoms with E-state index in [-0.39, 0.29) is 18.6 Å². The van der Waals surface area contributed by atoms with E-state index in [9.17, 15) is 9.59 Å². The van der Waals surface area contributed by atoms with Gasteiger partial charge in [0, 0.05) is 18.0 Å². The molecule has 6 nitrogen and oxygen atoms in total. The van der Waals surface area contributed by atoms with Gasteiger partial charge in [0.2, 0.25) is 5.91 Å². The van der Waals surface area contributed by atoms with Crippen molar-refractivity contribution in [1.29, 1.82) is 0 Å². The molecule has 3 rings (SSSR count). The van der Waals surface area contributed by atoms with Crippen molar-refractivity contribution in [1.82, 2.24) is 4.90 Å². The highest BCUT2D eigenvalue weighted by Gasteiger charge is 2.25. The predicted molar refractivity (Wildman–Crippen MR) is 94.6 cm³/mol. The van der Waals surface area contributed by atoms with E-state index < -0.39 is 5.91 Å². The van der Waals surface area contributed by atoms with Gasteiger partial charge in [-0.1, -0.05) is 0 Å². The average molecular weight is 351 g/mol. The number of rotatable bonds is 6. The normalized spacial score (nSPS) is 20.2. The van der Waals surface area contributed by atoms with E-state index in [0.717, 1.165) is 57.2 Å². The van der Waals surface area contributed by atoms with Gasteiger partial charge < -0.3 is 15.8 Å². The summed E-state index contributed by atoms with van der Waals surface area (Å²) in [6, 6.07) is 0. The summed E-state index contributed by atoms with van der Waals surface area (Å²) in [4.78, 5) is 27.3. The summed E-state index contributed by atoms with van der Waals surface area (Å²) in [6.45, 7) is 1.84. The SMILES string of the molecule is CN(CC(=O)Nc1sc2c(c1C(N)=O)CCCC2)CC1CCCO1.